The van der Waals surface area contributed by atoms with Crippen LogP contribution in [0, 0.1) is 0 Å². The molecule has 28 heavy (non-hydrogen) atoms. The van der Waals surface area contributed by atoms with Gasteiger partial charge in [0.2, 0.25) is 0 Å². The fourth-order valence-electron chi connectivity index (χ4n) is 1.66. The Hall–Kier alpha value is 0.110. The molecule has 0 atom stereocenters. The van der Waals surface area contributed by atoms with Crippen molar-refractivity contribution in [2.75, 3.05) is 24.7 Å². The minimum Gasteiger partial charge on any atom is -0.302 e. The average molecular weight is 494 g/mol. The highest BCUT2D eigenvalue weighted by atomic mass is 32.2. The van der Waals surface area contributed by atoms with E-state index in [0.29, 0.717) is 23.5 Å². The van der Waals surface area contributed by atoms with E-state index >= 15 is 0 Å². The SMILES string of the molecule is O=P1(O)OCC(SCCC(F)(F)C(F)(F)F)(SCCC(F)(F)C(F)(F)F)CO1. The minimum absolute atomic E-state index is 0.321. The maximum Gasteiger partial charge on any atom is 0.472 e. The molecule has 0 aromatic carbocycles. The lowest BCUT2D eigenvalue weighted by Crippen LogP contribution is -2.41. The molecule has 1 saturated heterocycles. The molecule has 0 bridgehead atoms. The molecule has 1 N–H and O–H groups in total. The quantitative estimate of drug-likeness (QED) is 0.275. The first-order valence-corrected chi connectivity index (χ1v) is 10.6. The molecule has 168 valence electrons. The van der Waals surface area contributed by atoms with Gasteiger partial charge in [-0.2, -0.15) is 43.9 Å². The Bertz CT molecular complexity index is 537. The van der Waals surface area contributed by atoms with E-state index in [-0.39, 0.29) is 0 Å². The molecule has 1 fully saturated rings. The molecule has 1 aliphatic heterocycles. The van der Waals surface area contributed by atoms with Crippen LogP contribution < -0.4 is 0 Å². The zero-order valence-corrected chi connectivity index (χ0v) is 16.0. The summed E-state index contributed by atoms with van der Waals surface area (Å²) in [7, 11) is -4.53. The second kappa shape index (κ2) is 8.69. The fraction of sp³-hybridized carbons (Fsp3) is 1.00. The van der Waals surface area contributed by atoms with Crippen molar-refractivity contribution < 1.29 is 62.4 Å². The molecular formula is C11H13F10O4PS2. The zero-order valence-electron chi connectivity index (χ0n) is 13.5. The van der Waals surface area contributed by atoms with Gasteiger partial charge in [0.25, 0.3) is 0 Å². The first kappa shape index (κ1) is 26.1. The molecular weight excluding hydrogens is 481 g/mol. The highest BCUT2D eigenvalue weighted by molar-refractivity contribution is 8.18. The van der Waals surface area contributed by atoms with Gasteiger partial charge in [0.05, 0.1) is 13.2 Å². The van der Waals surface area contributed by atoms with Crippen LogP contribution in [0.5, 0.6) is 0 Å². The van der Waals surface area contributed by atoms with Crippen LogP contribution in [0.3, 0.4) is 0 Å². The summed E-state index contributed by atoms with van der Waals surface area (Å²) in [6.45, 7) is -1.60. The fourth-order valence-corrected chi connectivity index (χ4v) is 5.72. The van der Waals surface area contributed by atoms with Crippen LogP contribution in [0.2, 0.25) is 0 Å². The molecule has 4 nitrogen and oxygen atoms in total. The summed E-state index contributed by atoms with van der Waals surface area (Å²) in [5, 5.41) is 0. The van der Waals surface area contributed by atoms with E-state index in [2.05, 4.69) is 9.05 Å². The Morgan fingerprint density at radius 3 is 1.39 bits per heavy atom. The van der Waals surface area contributed by atoms with Gasteiger partial charge in [-0.1, -0.05) is 0 Å². The van der Waals surface area contributed by atoms with Gasteiger partial charge < -0.3 is 4.89 Å². The van der Waals surface area contributed by atoms with E-state index < -0.39 is 73.7 Å². The second-order valence-corrected chi connectivity index (χ2v) is 10.2. The lowest BCUT2D eigenvalue weighted by molar-refractivity contribution is -0.282. The number of hydrogen-bond donors (Lipinski definition) is 1. The second-order valence-electron chi connectivity index (χ2n) is 5.53. The van der Waals surface area contributed by atoms with E-state index in [1.807, 2.05) is 0 Å². The van der Waals surface area contributed by atoms with Crippen LogP contribution in [0.1, 0.15) is 12.8 Å². The number of halogens is 10. The molecule has 0 radical (unpaired) electrons. The van der Waals surface area contributed by atoms with Crippen molar-refractivity contribution in [1.82, 2.24) is 0 Å². The highest BCUT2D eigenvalue weighted by Gasteiger charge is 2.58. The number of hydrogen-bond acceptors (Lipinski definition) is 5. The first-order valence-electron chi connectivity index (χ1n) is 7.11. The third-order valence-corrected chi connectivity index (χ3v) is 7.24. The van der Waals surface area contributed by atoms with Crippen molar-refractivity contribution in [1.29, 1.82) is 0 Å². The van der Waals surface area contributed by atoms with Crippen LogP contribution >= 0.6 is 31.3 Å². The number of thioether (sulfide) groups is 2. The summed E-state index contributed by atoms with van der Waals surface area (Å²) in [6.07, 6.45) is -15.1. The number of alkyl halides is 10. The van der Waals surface area contributed by atoms with Crippen LogP contribution in [0.15, 0.2) is 0 Å². The predicted octanol–water partition coefficient (Wildman–Crippen LogP) is 5.47. The largest absolute Gasteiger partial charge is 0.472 e. The Labute approximate surface area is 160 Å². The lowest BCUT2D eigenvalue weighted by Gasteiger charge is -2.37. The third kappa shape index (κ3) is 7.11. The smallest absolute Gasteiger partial charge is 0.302 e. The maximum absolute atomic E-state index is 13.0. The monoisotopic (exact) mass is 494 g/mol. The van der Waals surface area contributed by atoms with E-state index in [1.54, 1.807) is 0 Å². The molecule has 1 heterocycles. The van der Waals surface area contributed by atoms with Gasteiger partial charge in [-0.05, 0) is 0 Å². The molecule has 1 aliphatic rings. The summed E-state index contributed by atoms with van der Waals surface area (Å²) >= 11 is 0.642. The van der Waals surface area contributed by atoms with Crippen LogP contribution in [0.4, 0.5) is 43.9 Å². The van der Waals surface area contributed by atoms with Gasteiger partial charge in [0.1, 0.15) is 4.08 Å². The Morgan fingerprint density at radius 2 is 1.11 bits per heavy atom. The highest BCUT2D eigenvalue weighted by Crippen LogP contribution is 2.55. The molecule has 17 heteroatoms. The molecule has 0 aromatic heterocycles. The van der Waals surface area contributed by atoms with Crippen LogP contribution in [-0.4, -0.2) is 57.9 Å². The van der Waals surface area contributed by atoms with E-state index in [1.165, 1.54) is 0 Å². The zero-order chi connectivity index (χ0) is 22.1. The maximum atomic E-state index is 13.0. The number of rotatable bonds is 8. The summed E-state index contributed by atoms with van der Waals surface area (Å²) in [5.41, 5.74) is 0. The van der Waals surface area contributed by atoms with Gasteiger partial charge in [-0.25, -0.2) is 4.57 Å². The Balaban J connectivity index is 2.76. The third-order valence-electron chi connectivity index (χ3n) is 3.29. The van der Waals surface area contributed by atoms with Gasteiger partial charge >= 0.3 is 32.0 Å². The standard InChI is InChI=1S/C11H13F10O4PS2/c12-8(13,10(16,17)18)1-3-27-7(5-24-26(22,23)25-6-7)28-4-2-9(14,15)11(19,20)21/h1-6H2,(H,22,23). The Morgan fingerprint density at radius 1 is 0.786 bits per heavy atom. The summed E-state index contributed by atoms with van der Waals surface area (Å²) in [5.74, 6) is -11.9. The number of phosphoric acid groups is 1. The molecule has 0 aliphatic carbocycles. The molecule has 0 unspecified atom stereocenters. The predicted molar refractivity (Wildman–Crippen MR) is 80.6 cm³/mol. The molecule has 0 spiro atoms. The summed E-state index contributed by atoms with van der Waals surface area (Å²) < 4.78 is 143. The summed E-state index contributed by atoms with van der Waals surface area (Å²) in [4.78, 5) is 9.08. The van der Waals surface area contributed by atoms with Crippen LogP contribution in [-0.2, 0) is 13.6 Å². The van der Waals surface area contributed by atoms with E-state index in [4.69, 9.17) is 4.89 Å². The summed E-state index contributed by atoms with van der Waals surface area (Å²) in [6, 6.07) is 0. The lowest BCUT2D eigenvalue weighted by atomic mass is 10.2. The normalized spacial score (nSPS) is 21.0. The van der Waals surface area contributed by atoms with Gasteiger partial charge in [0, 0.05) is 24.3 Å². The van der Waals surface area contributed by atoms with Crippen molar-refractivity contribution in [3.8, 4) is 0 Å². The van der Waals surface area contributed by atoms with Crippen molar-refractivity contribution >= 4 is 31.3 Å². The topological polar surface area (TPSA) is 55.8 Å². The molecule has 0 aromatic rings. The van der Waals surface area contributed by atoms with E-state index in [9.17, 15) is 48.5 Å². The molecule has 1 rings (SSSR count). The Kier molecular flexibility index (Phi) is 8.12. The first-order chi connectivity index (χ1) is 12.3. The van der Waals surface area contributed by atoms with Crippen molar-refractivity contribution in [3.05, 3.63) is 0 Å². The minimum atomic E-state index is -5.83. The molecule has 0 saturated carbocycles. The number of phosphoric ester groups is 1. The van der Waals surface area contributed by atoms with Gasteiger partial charge in [0.15, 0.2) is 0 Å². The van der Waals surface area contributed by atoms with E-state index in [0.717, 1.165) is 0 Å². The average Bonchev–Trinajstić information content (AvgIpc) is 2.47. The van der Waals surface area contributed by atoms with Crippen molar-refractivity contribution in [2.24, 2.45) is 0 Å². The van der Waals surface area contributed by atoms with Gasteiger partial charge in [-0.15, -0.1) is 23.5 Å². The van der Waals surface area contributed by atoms with Crippen molar-refractivity contribution in [3.63, 3.8) is 0 Å². The molecule has 0 amide bonds. The van der Waals surface area contributed by atoms with Gasteiger partial charge in [-0.3, -0.25) is 9.05 Å². The van der Waals surface area contributed by atoms with Crippen LogP contribution in [0.25, 0.3) is 0 Å². The van der Waals surface area contributed by atoms with Crippen molar-refractivity contribution in [2.45, 2.75) is 41.1 Å².